The number of amides is 2. The summed E-state index contributed by atoms with van der Waals surface area (Å²) in [7, 11) is 0. The van der Waals surface area contributed by atoms with Crippen molar-refractivity contribution in [3.8, 4) is 0 Å². The number of benzene rings is 1. The van der Waals surface area contributed by atoms with E-state index in [2.05, 4.69) is 10.2 Å². The van der Waals surface area contributed by atoms with Gasteiger partial charge in [0, 0.05) is 32.2 Å². The Balaban J connectivity index is 1.59. The van der Waals surface area contributed by atoms with Crippen LogP contribution >= 0.6 is 11.6 Å². The van der Waals surface area contributed by atoms with Crippen molar-refractivity contribution in [2.24, 2.45) is 5.41 Å². The predicted molar refractivity (Wildman–Crippen MR) is 97.2 cm³/mol. The third kappa shape index (κ3) is 3.84. The predicted octanol–water partition coefficient (Wildman–Crippen LogP) is 2.82. The van der Waals surface area contributed by atoms with E-state index in [1.54, 1.807) is 11.8 Å². The molecule has 2 aliphatic rings. The number of carboxylic acid groups (broad SMARTS) is 1. The molecule has 2 fully saturated rings. The molecule has 25 heavy (non-hydrogen) atoms. The third-order valence-electron chi connectivity index (χ3n) is 5.22. The molecule has 2 aliphatic heterocycles. The van der Waals surface area contributed by atoms with Crippen LogP contribution in [0.1, 0.15) is 26.2 Å². The van der Waals surface area contributed by atoms with Gasteiger partial charge in [-0.15, -0.1) is 0 Å². The van der Waals surface area contributed by atoms with Gasteiger partial charge in [-0.05, 0) is 38.3 Å². The number of likely N-dealkylation sites (tertiary alicyclic amines) is 1. The van der Waals surface area contributed by atoms with E-state index >= 15 is 0 Å². The number of nitrogens with zero attached hydrogens (tertiary/aromatic N) is 2. The molecule has 0 aromatic heterocycles. The lowest BCUT2D eigenvalue weighted by atomic mass is 9.90. The number of hydrogen-bond acceptors (Lipinski definition) is 3. The summed E-state index contributed by atoms with van der Waals surface area (Å²) in [6.45, 7) is 4.06. The first kappa shape index (κ1) is 17.9. The van der Waals surface area contributed by atoms with Gasteiger partial charge in [0.05, 0.1) is 16.1 Å². The molecule has 2 amide bonds. The quantitative estimate of drug-likeness (QED) is 0.863. The number of anilines is 1. The van der Waals surface area contributed by atoms with Gasteiger partial charge in [-0.2, -0.15) is 0 Å². The molecule has 6 nitrogen and oxygen atoms in total. The molecular weight excluding hydrogens is 342 g/mol. The Morgan fingerprint density at radius 2 is 2.08 bits per heavy atom. The zero-order valence-electron chi connectivity index (χ0n) is 14.4. The molecule has 2 unspecified atom stereocenters. The number of hydrogen-bond donors (Lipinski definition) is 2. The van der Waals surface area contributed by atoms with Crippen molar-refractivity contribution in [2.45, 2.75) is 32.2 Å². The molecular formula is C18H24ClN3O3. The minimum atomic E-state index is -0.842. The number of carboxylic acids is 1. The van der Waals surface area contributed by atoms with E-state index in [0.717, 1.165) is 25.1 Å². The summed E-state index contributed by atoms with van der Waals surface area (Å²) in [6.07, 6.45) is 2.38. The maximum absolute atomic E-state index is 12.5. The van der Waals surface area contributed by atoms with Crippen LogP contribution in [0.4, 0.5) is 10.5 Å². The summed E-state index contributed by atoms with van der Waals surface area (Å²) in [5.74, 6) is -0.842. The number of urea groups is 1. The number of halogens is 1. The normalized spacial score (nSPS) is 26.6. The molecule has 0 aliphatic carbocycles. The Morgan fingerprint density at radius 3 is 2.76 bits per heavy atom. The highest BCUT2D eigenvalue weighted by Crippen LogP contribution is 2.31. The number of piperidine rings is 1. The zero-order valence-corrected chi connectivity index (χ0v) is 15.1. The lowest BCUT2D eigenvalue weighted by Gasteiger charge is -2.36. The molecule has 2 saturated heterocycles. The van der Waals surface area contributed by atoms with Crippen LogP contribution in [0.2, 0.25) is 5.02 Å². The van der Waals surface area contributed by atoms with Crippen molar-refractivity contribution >= 4 is 29.3 Å². The number of nitrogens with one attached hydrogen (secondary N) is 1. The maximum Gasteiger partial charge on any atom is 0.317 e. The summed E-state index contributed by atoms with van der Waals surface area (Å²) in [5.41, 5.74) is 0.149. The van der Waals surface area contributed by atoms with E-state index in [1.165, 1.54) is 0 Å². The van der Waals surface area contributed by atoms with Crippen LogP contribution in [0.5, 0.6) is 0 Å². The van der Waals surface area contributed by atoms with Crippen LogP contribution in [0, 0.1) is 5.41 Å². The highest BCUT2D eigenvalue weighted by atomic mass is 35.5. The maximum atomic E-state index is 12.5. The average Bonchev–Trinajstić information content (AvgIpc) is 3.00. The van der Waals surface area contributed by atoms with Crippen LogP contribution in [-0.4, -0.2) is 54.2 Å². The molecule has 1 aromatic rings. The Labute approximate surface area is 152 Å². The van der Waals surface area contributed by atoms with Gasteiger partial charge in [0.25, 0.3) is 0 Å². The van der Waals surface area contributed by atoms with Gasteiger partial charge >= 0.3 is 12.0 Å². The topological polar surface area (TPSA) is 72.9 Å². The molecule has 0 saturated carbocycles. The first-order chi connectivity index (χ1) is 11.9. The van der Waals surface area contributed by atoms with Crippen molar-refractivity contribution in [1.29, 1.82) is 0 Å². The fraction of sp³-hybridized carbons (Fsp3) is 0.556. The number of para-hydroxylation sites is 1. The van der Waals surface area contributed by atoms with E-state index in [0.29, 0.717) is 24.5 Å². The van der Waals surface area contributed by atoms with Crippen molar-refractivity contribution in [1.82, 2.24) is 10.2 Å². The van der Waals surface area contributed by atoms with Gasteiger partial charge in [0.2, 0.25) is 0 Å². The van der Waals surface area contributed by atoms with Gasteiger partial charge in [-0.1, -0.05) is 23.7 Å². The van der Waals surface area contributed by atoms with Crippen LogP contribution < -0.4 is 10.2 Å². The lowest BCUT2D eigenvalue weighted by molar-refractivity contribution is -0.146. The van der Waals surface area contributed by atoms with E-state index in [-0.39, 0.29) is 18.6 Å². The fourth-order valence-electron chi connectivity index (χ4n) is 3.60. The van der Waals surface area contributed by atoms with E-state index in [1.807, 2.05) is 24.3 Å². The van der Waals surface area contributed by atoms with E-state index < -0.39 is 11.4 Å². The molecule has 136 valence electrons. The second-order valence-electron chi connectivity index (χ2n) is 7.22. The number of rotatable bonds is 3. The zero-order chi connectivity index (χ0) is 18.0. The first-order valence-corrected chi connectivity index (χ1v) is 9.05. The van der Waals surface area contributed by atoms with Gasteiger partial charge in [0.15, 0.2) is 0 Å². The van der Waals surface area contributed by atoms with Gasteiger partial charge in [-0.25, -0.2) is 4.79 Å². The largest absolute Gasteiger partial charge is 0.481 e. The SMILES string of the molecule is CC1(C(=O)O)CCN(C(=O)NC2CCCN(c3ccccc3Cl)C2)C1. The second-order valence-corrected chi connectivity index (χ2v) is 7.63. The van der Waals surface area contributed by atoms with E-state index in [9.17, 15) is 14.7 Å². The van der Waals surface area contributed by atoms with Crippen LogP contribution in [-0.2, 0) is 4.79 Å². The second kappa shape index (κ2) is 7.12. The molecule has 0 bridgehead atoms. The number of carbonyl (C=O) groups excluding carboxylic acids is 1. The van der Waals surface area contributed by atoms with Crippen molar-refractivity contribution in [3.05, 3.63) is 29.3 Å². The fourth-order valence-corrected chi connectivity index (χ4v) is 3.85. The summed E-state index contributed by atoms with van der Waals surface area (Å²) >= 11 is 6.28. The molecule has 0 spiro atoms. The molecule has 3 rings (SSSR count). The molecule has 2 heterocycles. The minimum absolute atomic E-state index is 0.0363. The number of carbonyl (C=O) groups is 2. The smallest absolute Gasteiger partial charge is 0.317 e. The molecule has 2 atom stereocenters. The van der Waals surface area contributed by atoms with Crippen molar-refractivity contribution in [3.63, 3.8) is 0 Å². The first-order valence-electron chi connectivity index (χ1n) is 8.67. The minimum Gasteiger partial charge on any atom is -0.481 e. The molecule has 0 radical (unpaired) electrons. The van der Waals surface area contributed by atoms with Gasteiger partial charge in [0.1, 0.15) is 0 Å². The average molecular weight is 366 g/mol. The standard InChI is InChI=1S/C18H24ClN3O3/c1-18(16(23)24)8-10-22(12-18)17(25)20-13-5-4-9-21(11-13)15-7-3-2-6-14(15)19/h2-3,6-7,13H,4-5,8-12H2,1H3,(H,20,25)(H,23,24). The third-order valence-corrected chi connectivity index (χ3v) is 5.54. The van der Waals surface area contributed by atoms with Gasteiger partial charge in [-0.3, -0.25) is 4.79 Å². The highest BCUT2D eigenvalue weighted by Gasteiger charge is 2.42. The van der Waals surface area contributed by atoms with Crippen molar-refractivity contribution in [2.75, 3.05) is 31.1 Å². The summed E-state index contributed by atoms with van der Waals surface area (Å²) < 4.78 is 0. The number of aliphatic carboxylic acids is 1. The Bertz CT molecular complexity index is 669. The van der Waals surface area contributed by atoms with Crippen LogP contribution in [0.15, 0.2) is 24.3 Å². The summed E-state index contributed by atoms with van der Waals surface area (Å²) in [4.78, 5) is 27.7. The molecule has 2 N–H and O–H groups in total. The Kier molecular flexibility index (Phi) is 5.08. The highest BCUT2D eigenvalue weighted by molar-refractivity contribution is 6.33. The summed E-state index contributed by atoms with van der Waals surface area (Å²) in [5, 5.41) is 13.1. The van der Waals surface area contributed by atoms with Crippen LogP contribution in [0.3, 0.4) is 0 Å². The summed E-state index contributed by atoms with van der Waals surface area (Å²) in [6, 6.07) is 7.59. The monoisotopic (exact) mass is 365 g/mol. The van der Waals surface area contributed by atoms with Gasteiger partial charge < -0.3 is 20.2 Å². The Hall–Kier alpha value is -1.95. The van der Waals surface area contributed by atoms with Crippen LogP contribution in [0.25, 0.3) is 0 Å². The Morgan fingerprint density at radius 1 is 1.32 bits per heavy atom. The molecule has 7 heteroatoms. The van der Waals surface area contributed by atoms with E-state index in [4.69, 9.17) is 11.6 Å². The lowest BCUT2D eigenvalue weighted by Crippen LogP contribution is -2.51. The molecule has 1 aromatic carbocycles. The van der Waals surface area contributed by atoms with Crippen molar-refractivity contribution < 1.29 is 14.7 Å².